The summed E-state index contributed by atoms with van der Waals surface area (Å²) in [6, 6.07) is 40.0. The van der Waals surface area contributed by atoms with Crippen LogP contribution in [0.1, 0.15) is 110 Å². The molecule has 23 nitrogen and oxygen atoms in total. The number of ketones is 1. The molecule has 7 aromatic rings. The molecule has 1 amide bonds. The van der Waals surface area contributed by atoms with E-state index in [1.807, 2.05) is 110 Å². The maximum Gasteiger partial charge on any atom is 0.338 e. The molecule has 7 aromatic carbocycles. The van der Waals surface area contributed by atoms with Gasteiger partial charge in [0.15, 0.2) is 5.71 Å². The Kier molecular flexibility index (Phi) is 26.9. The highest BCUT2D eigenvalue weighted by molar-refractivity contribution is 7.86. The average Bonchev–Trinajstić information content (AvgIpc) is 1.56. The van der Waals surface area contributed by atoms with Gasteiger partial charge in [-0.1, -0.05) is 84.9 Å². The quantitative estimate of drug-likeness (QED) is 0.00786. The van der Waals surface area contributed by atoms with Crippen LogP contribution in [0.2, 0.25) is 0 Å². The van der Waals surface area contributed by atoms with Crippen molar-refractivity contribution in [1.29, 1.82) is 0 Å². The van der Waals surface area contributed by atoms with Gasteiger partial charge in [-0.05, 0) is 165 Å². The van der Waals surface area contributed by atoms with Crippen molar-refractivity contribution in [2.45, 2.75) is 98.7 Å². The first kappa shape index (κ1) is 78.7. The van der Waals surface area contributed by atoms with Crippen LogP contribution in [0, 0.1) is 0 Å². The van der Waals surface area contributed by atoms with Gasteiger partial charge in [0, 0.05) is 84.8 Å². The lowest BCUT2D eigenvalue weighted by Gasteiger charge is -2.31. The minimum atomic E-state index is -4.64. The van der Waals surface area contributed by atoms with Gasteiger partial charge >= 0.3 is 5.97 Å². The summed E-state index contributed by atoms with van der Waals surface area (Å²) in [7, 11) is -16.6. The molecule has 0 aromatic heterocycles. The maximum absolute atomic E-state index is 13.8. The second-order valence-electron chi connectivity index (χ2n) is 25.4. The smallest absolute Gasteiger partial charge is 0.338 e. The Balaban J connectivity index is 0.994. The van der Waals surface area contributed by atoms with Crippen LogP contribution in [0.25, 0.3) is 21.5 Å². The summed E-state index contributed by atoms with van der Waals surface area (Å²) < 4.78 is 170. The van der Waals surface area contributed by atoms with E-state index in [2.05, 4.69) is 9.89 Å². The Labute approximate surface area is 597 Å². The molecule has 2 aliphatic heterocycles. The highest BCUT2D eigenvalue weighted by Crippen LogP contribution is 2.54. The molecule has 102 heavy (non-hydrogen) atoms. The molecule has 0 fully saturated rings. The van der Waals surface area contributed by atoms with Crippen LogP contribution in [0.4, 0.5) is 11.4 Å². The number of nitrogens with one attached hydrogen (secondary N) is 1. The largest absolute Gasteiger partial charge is 0.465 e. The van der Waals surface area contributed by atoms with Crippen LogP contribution < -0.4 is 26.1 Å². The van der Waals surface area contributed by atoms with Gasteiger partial charge in [0.2, 0.25) is 5.69 Å². The molecule has 2 aliphatic rings. The summed E-state index contributed by atoms with van der Waals surface area (Å²) >= 11 is 0. The summed E-state index contributed by atoms with van der Waals surface area (Å²) in [5, 5.41) is 7.72. The highest BCUT2D eigenvalue weighted by Gasteiger charge is 2.49. The van der Waals surface area contributed by atoms with Gasteiger partial charge < -0.3 is 33.9 Å². The van der Waals surface area contributed by atoms with E-state index < -0.39 is 76.7 Å². The van der Waals surface area contributed by atoms with Crippen LogP contribution >= 0.6 is 7.92 Å². The molecule has 0 spiro atoms. The number of nitrogens with zero attached hydrogens (tertiary/aromatic N) is 2. The lowest BCUT2D eigenvalue weighted by Crippen LogP contribution is -2.33. The van der Waals surface area contributed by atoms with Gasteiger partial charge in [0.1, 0.15) is 12.3 Å². The topological polar surface area (TPSA) is 333 Å². The zero-order chi connectivity index (χ0) is 73.5. The van der Waals surface area contributed by atoms with E-state index in [0.29, 0.717) is 125 Å². The van der Waals surface area contributed by atoms with E-state index in [1.54, 1.807) is 49.6 Å². The molecule has 5 N–H and O–H groups in total. The van der Waals surface area contributed by atoms with Crippen molar-refractivity contribution >= 4 is 121 Å². The Morgan fingerprint density at radius 3 is 1.70 bits per heavy atom. The summed E-state index contributed by atoms with van der Waals surface area (Å²) in [6.07, 6.45) is 8.36. The number of amides is 1. The van der Waals surface area contributed by atoms with Crippen LogP contribution in [-0.2, 0) is 79.8 Å². The fraction of sp³-hybridized carbons (Fsp3) is 0.378. The fourth-order valence-corrected chi connectivity index (χ4v) is 18.2. The number of ether oxygens (including phenoxy) is 5. The zero-order valence-corrected chi connectivity index (χ0v) is 61.5. The van der Waals surface area contributed by atoms with Crippen molar-refractivity contribution in [2.75, 3.05) is 96.5 Å². The number of benzene rings is 7. The van der Waals surface area contributed by atoms with Crippen LogP contribution in [0.3, 0.4) is 0 Å². The van der Waals surface area contributed by atoms with E-state index in [1.165, 1.54) is 31.4 Å². The number of hydrogen-bond acceptors (Lipinski definition) is 17. The van der Waals surface area contributed by atoms with E-state index in [9.17, 15) is 66.3 Å². The minimum absolute atomic E-state index is 0.00215. The maximum atomic E-state index is 13.8. The number of hydrogen-bond donors (Lipinski definition) is 5. The lowest BCUT2D eigenvalue weighted by molar-refractivity contribution is -0.438. The van der Waals surface area contributed by atoms with Crippen molar-refractivity contribution in [3.63, 3.8) is 0 Å². The number of esters is 1. The van der Waals surface area contributed by atoms with Crippen LogP contribution in [0.15, 0.2) is 173 Å². The molecule has 0 saturated heterocycles. The van der Waals surface area contributed by atoms with Crippen molar-refractivity contribution in [3.05, 3.63) is 186 Å². The molecule has 0 radical (unpaired) electrons. The molecular formula is C74H87N3O20PS4+. The third-order valence-electron chi connectivity index (χ3n) is 18.4. The summed E-state index contributed by atoms with van der Waals surface area (Å²) in [5.74, 6) is -2.05. The van der Waals surface area contributed by atoms with Crippen molar-refractivity contribution in [3.8, 4) is 0 Å². The zero-order valence-electron chi connectivity index (χ0n) is 57.4. The summed E-state index contributed by atoms with van der Waals surface area (Å²) in [5.41, 5.74) is 2.74. The van der Waals surface area contributed by atoms with Gasteiger partial charge in [-0.2, -0.15) is 38.2 Å². The highest BCUT2D eigenvalue weighted by atomic mass is 32.2. The Morgan fingerprint density at radius 1 is 0.578 bits per heavy atom. The third kappa shape index (κ3) is 19.9. The lowest BCUT2D eigenvalue weighted by atomic mass is 9.74. The number of fused-ring (bicyclic) bond motifs is 6. The van der Waals surface area contributed by atoms with Gasteiger partial charge in [-0.25, -0.2) is 4.79 Å². The SMILES string of the molecule is COCCOCCOCCOCCN1C(=CC=CC2=[N+](CCCCCC(=O)CCCNC(=O)c3ccc(C(=O)OC)c(P(c4ccccc4)c4ccccc4)c3)c3ccc4cc(S(=O)(=O)O)ccc4c3C2(C)CCCS(=O)(=O)O)C(C)(CCCS(=O)(=O)O)c2c1ccc1cc(S(=O)(=O)O)ccc21. The monoisotopic (exact) mass is 1500 g/mol. The van der Waals surface area contributed by atoms with Crippen molar-refractivity contribution in [1.82, 2.24) is 5.32 Å². The average molecular weight is 1500 g/mol. The van der Waals surface area contributed by atoms with E-state index in [0.717, 1.165) is 16.2 Å². The number of carbonyl (C=O) groups excluding carboxylic acids is 3. The van der Waals surface area contributed by atoms with E-state index >= 15 is 0 Å². The van der Waals surface area contributed by atoms with Crippen molar-refractivity contribution < 1.29 is 94.5 Å². The fourth-order valence-electron chi connectivity index (χ4n) is 13.7. The molecule has 2 heterocycles. The second kappa shape index (κ2) is 34.9. The van der Waals surface area contributed by atoms with Crippen molar-refractivity contribution in [2.24, 2.45) is 0 Å². The molecule has 0 saturated carbocycles. The third-order valence-corrected chi connectivity index (χ3v) is 24.2. The van der Waals surface area contributed by atoms with Gasteiger partial charge in [0.25, 0.3) is 46.4 Å². The number of unbranched alkanes of at least 4 members (excludes halogenated alkanes) is 2. The standard InChI is InChI=1S/C74H86N3O20PS4/c1-73(36-16-48-99(81,82)83)67(24-14-25-68-74(2,37-17-49-100(84,85)86)70-62-33-30-60(102(90,91)92)51-54(62)28-35-65(70)77(68)40-41-95-44-45-97-47-46-96-43-42-93-3)76(64-34-27-53-50-59(101(87,88)89)29-32-61(53)69(64)73)39-13-7-8-18-56(78)19-15-38-75-71(79)55-26-31-63(72(80)94-4)66(52-55)98(57-20-9-5-10-21-57)58-22-11-6-12-23-58/h5-6,9-12,14,20-35,50-52H,7-8,13,15-19,36-49H2,1-4H3,(H4-,75,79,81,82,83,84,85,86,87,88,89,90,91,92)/p+1. The predicted octanol–water partition coefficient (Wildman–Crippen LogP) is 9.98. The second-order valence-corrected chi connectivity index (χ2v) is 33.6. The molecule has 28 heteroatoms. The first-order chi connectivity index (χ1) is 48.6. The van der Waals surface area contributed by atoms with E-state index in [-0.39, 0.29) is 92.9 Å². The molecule has 0 aliphatic carbocycles. The number of methoxy groups -OCH3 is 2. The molecule has 0 bridgehead atoms. The first-order valence-electron chi connectivity index (χ1n) is 33.5. The normalized spacial score (nSPS) is 16.8. The van der Waals surface area contributed by atoms with Gasteiger partial charge in [-0.3, -0.25) is 27.8 Å². The Bertz CT molecular complexity index is 4730. The minimum Gasteiger partial charge on any atom is -0.465 e. The Hall–Kier alpha value is -7.47. The number of allylic oxidation sites excluding steroid dienone is 4. The van der Waals surface area contributed by atoms with Crippen LogP contribution in [-0.4, -0.2) is 171 Å². The van der Waals surface area contributed by atoms with Gasteiger partial charge in [0.05, 0.1) is 85.6 Å². The predicted molar refractivity (Wildman–Crippen MR) is 394 cm³/mol. The van der Waals surface area contributed by atoms with Crippen LogP contribution in [0.5, 0.6) is 0 Å². The molecule has 2 unspecified atom stereocenters. The number of Topliss-reactive ketones (excluding diaryl/α,β-unsaturated/α-hetero) is 1. The first-order valence-corrected chi connectivity index (χ1v) is 41.0. The molecule has 9 rings (SSSR count). The molecule has 546 valence electrons. The summed E-state index contributed by atoms with van der Waals surface area (Å²) in [6.45, 7) is 6.90. The van der Waals surface area contributed by atoms with Gasteiger partial charge in [-0.15, -0.1) is 0 Å². The Morgan fingerprint density at radius 2 is 1.13 bits per heavy atom. The van der Waals surface area contributed by atoms with E-state index in [4.69, 9.17) is 23.7 Å². The molecule has 2 atom stereocenters. The number of anilines is 1. The number of carbonyl (C=O) groups is 3. The summed E-state index contributed by atoms with van der Waals surface area (Å²) in [4.78, 5) is 41.9. The number of rotatable bonds is 39. The molecular weight excluding hydrogens is 1410 g/mol.